The van der Waals surface area contributed by atoms with E-state index in [0.29, 0.717) is 11.5 Å². The molecule has 10 rings (SSSR count). The maximum atomic E-state index is 7.23. The summed E-state index contributed by atoms with van der Waals surface area (Å²) in [5.74, 6) is 1.27. The van der Waals surface area contributed by atoms with Crippen LogP contribution in [0.25, 0.3) is 44.8 Å². The van der Waals surface area contributed by atoms with Crippen molar-refractivity contribution in [2.75, 3.05) is 0 Å². The van der Waals surface area contributed by atoms with Gasteiger partial charge in [-0.25, -0.2) is 0 Å². The van der Waals surface area contributed by atoms with Crippen LogP contribution in [0, 0.1) is 46.8 Å². The molecule has 0 radical (unpaired) electrons. The minimum atomic E-state index is -0.156. The summed E-state index contributed by atoms with van der Waals surface area (Å²) in [4.78, 5) is 9.69. The smallest absolute Gasteiger partial charge is 0.497 e. The Hall–Kier alpha value is -6.54. The number of hydrogen-bond donors (Lipinski definition) is 0. The third-order valence-corrected chi connectivity index (χ3v) is 12.4. The van der Waals surface area contributed by atoms with Crippen molar-refractivity contribution in [3.05, 3.63) is 216 Å². The van der Waals surface area contributed by atoms with Gasteiger partial charge in [0.05, 0.1) is 0 Å². The van der Waals surface area contributed by atoms with E-state index in [9.17, 15) is 0 Å². The SMILES string of the molecule is Cc1cccc(-c2[c-]c(Oc3[c-]c(-c4ccccn4)ccc3)c3c(c2)B(c2c(C)cc(-c4ccccc4)cc2C)c2ccccc2B3c2c(C)cc(-c3ccccc3)cc2C)n1.[Pt+2]. The second-order valence-corrected chi connectivity index (χ2v) is 16.6. The van der Waals surface area contributed by atoms with E-state index in [-0.39, 0.29) is 34.5 Å². The van der Waals surface area contributed by atoms with Crippen molar-refractivity contribution in [1.82, 2.24) is 9.97 Å². The molecule has 0 bridgehead atoms. The van der Waals surface area contributed by atoms with Crippen molar-refractivity contribution < 1.29 is 25.8 Å². The maximum Gasteiger partial charge on any atom is 2.00 e. The van der Waals surface area contributed by atoms with Gasteiger partial charge >= 0.3 is 21.1 Å². The molecule has 0 saturated carbocycles. The van der Waals surface area contributed by atoms with Gasteiger partial charge in [-0.2, -0.15) is 5.46 Å². The zero-order valence-electron chi connectivity index (χ0n) is 36.0. The Morgan fingerprint density at radius 2 is 0.968 bits per heavy atom. The fraction of sp³-hybridized carbons (Fsp3) is 0.0877. The molecule has 63 heavy (non-hydrogen) atoms. The van der Waals surface area contributed by atoms with Crippen LogP contribution in [0.15, 0.2) is 176 Å². The van der Waals surface area contributed by atoms with E-state index in [0.717, 1.165) is 33.7 Å². The molecule has 3 heterocycles. The summed E-state index contributed by atoms with van der Waals surface area (Å²) < 4.78 is 7.23. The number of pyridine rings is 2. The van der Waals surface area contributed by atoms with Gasteiger partial charge in [0.25, 0.3) is 0 Å². The number of rotatable bonds is 8. The van der Waals surface area contributed by atoms with Gasteiger partial charge < -0.3 is 14.7 Å². The second kappa shape index (κ2) is 17.7. The average Bonchev–Trinajstić information content (AvgIpc) is 3.30. The van der Waals surface area contributed by atoms with E-state index >= 15 is 0 Å². The number of benzene rings is 7. The molecule has 0 saturated heterocycles. The Bertz CT molecular complexity index is 3070. The van der Waals surface area contributed by atoms with Crippen molar-refractivity contribution in [2.24, 2.45) is 0 Å². The molecule has 1 aliphatic rings. The zero-order valence-corrected chi connectivity index (χ0v) is 38.3. The number of fused-ring (bicyclic) bond motifs is 2. The molecule has 0 spiro atoms. The maximum absolute atomic E-state index is 7.23. The number of aromatic nitrogens is 2. The number of aryl methyl sites for hydroxylation is 5. The summed E-state index contributed by atoms with van der Waals surface area (Å²) in [7, 11) is 0. The fourth-order valence-corrected chi connectivity index (χ4v) is 9.75. The topological polar surface area (TPSA) is 35.0 Å². The fourth-order valence-electron chi connectivity index (χ4n) is 9.75. The van der Waals surface area contributed by atoms with Crippen molar-refractivity contribution in [3.63, 3.8) is 0 Å². The molecule has 3 nitrogen and oxygen atoms in total. The summed E-state index contributed by atoms with van der Waals surface area (Å²) in [6, 6.07) is 67.7. The van der Waals surface area contributed by atoms with Gasteiger partial charge in [-0.1, -0.05) is 190 Å². The molecule has 0 unspecified atom stereocenters. The first kappa shape index (κ1) is 41.8. The van der Waals surface area contributed by atoms with Crippen LogP contribution in [-0.2, 0) is 21.1 Å². The minimum Gasteiger partial charge on any atom is -0.497 e. The van der Waals surface area contributed by atoms with Crippen LogP contribution in [0.1, 0.15) is 27.9 Å². The van der Waals surface area contributed by atoms with Gasteiger partial charge in [-0.15, -0.1) is 40.9 Å². The standard InChI is InChI=1S/C57H44B2N2O.Pt/c1-37-30-45(42-19-8-6-9-20-42)31-38(2)55(37)58-49-25-12-13-26-50(49)59(56-39(3)32-46(33-40(56)4)43-21-10-7-11-22-43)57-51(58)35-47(53-28-16-18-41(5)61-53)36-54(57)62-48-24-17-23-44(34-48)52-27-14-15-29-60-52;/h6-33,35H,1-5H3;/q-2;+2. The molecular weight excluding hydrogens is 945 g/mol. The Morgan fingerprint density at radius 1 is 0.429 bits per heavy atom. The number of nitrogens with zero attached hydrogens (tertiary/aromatic N) is 2. The van der Waals surface area contributed by atoms with Gasteiger partial charge in [0.15, 0.2) is 6.71 Å². The molecule has 0 amide bonds. The number of ether oxygens (including phenoxy) is 1. The quantitative estimate of drug-likeness (QED) is 0.113. The first-order chi connectivity index (χ1) is 30.3. The van der Waals surface area contributed by atoms with Crippen LogP contribution in [0.4, 0.5) is 0 Å². The summed E-state index contributed by atoms with van der Waals surface area (Å²) >= 11 is 0. The Labute approximate surface area is 386 Å². The molecule has 9 aromatic rings. The van der Waals surface area contributed by atoms with Crippen LogP contribution in [0.2, 0.25) is 0 Å². The van der Waals surface area contributed by atoms with Crippen LogP contribution in [-0.4, -0.2) is 23.4 Å². The van der Waals surface area contributed by atoms with Crippen molar-refractivity contribution in [1.29, 1.82) is 0 Å². The molecule has 0 N–H and O–H groups in total. The predicted molar refractivity (Wildman–Crippen MR) is 260 cm³/mol. The molecular formula is C57H44B2N2OPt. The van der Waals surface area contributed by atoms with Gasteiger partial charge in [0.2, 0.25) is 6.71 Å². The first-order valence-corrected chi connectivity index (χ1v) is 21.4. The monoisotopic (exact) mass is 989 g/mol. The Morgan fingerprint density at radius 3 is 1.56 bits per heavy atom. The molecule has 1 aliphatic heterocycles. The Balaban J connectivity index is 0.00000504. The van der Waals surface area contributed by atoms with E-state index in [4.69, 9.17) is 9.72 Å². The van der Waals surface area contributed by atoms with Crippen molar-refractivity contribution >= 4 is 46.2 Å². The van der Waals surface area contributed by atoms with Gasteiger partial charge in [0, 0.05) is 23.4 Å². The normalized spacial score (nSPS) is 11.7. The van der Waals surface area contributed by atoms with E-state index in [1.807, 2.05) is 55.6 Å². The summed E-state index contributed by atoms with van der Waals surface area (Å²) in [5, 5.41) is 0. The van der Waals surface area contributed by atoms with E-state index in [2.05, 4.69) is 172 Å². The Kier molecular flexibility index (Phi) is 11.7. The largest absolute Gasteiger partial charge is 2.00 e. The van der Waals surface area contributed by atoms with Crippen molar-refractivity contribution in [2.45, 2.75) is 34.6 Å². The number of hydrogen-bond acceptors (Lipinski definition) is 3. The van der Waals surface area contributed by atoms with Gasteiger partial charge in [-0.05, 0) is 80.4 Å². The molecule has 0 fully saturated rings. The van der Waals surface area contributed by atoms with Crippen molar-refractivity contribution in [3.8, 4) is 56.3 Å². The van der Waals surface area contributed by atoms with Gasteiger partial charge in [-0.3, -0.25) is 0 Å². The zero-order chi connectivity index (χ0) is 42.3. The molecule has 0 aliphatic carbocycles. The van der Waals surface area contributed by atoms with Crippen LogP contribution < -0.4 is 37.5 Å². The molecule has 6 heteroatoms. The van der Waals surface area contributed by atoms with E-state index in [1.165, 1.54) is 71.8 Å². The summed E-state index contributed by atoms with van der Waals surface area (Å²) in [6.45, 7) is 10.9. The van der Waals surface area contributed by atoms with Gasteiger partial charge in [0.1, 0.15) is 0 Å². The molecule has 304 valence electrons. The van der Waals surface area contributed by atoms with Crippen LogP contribution in [0.5, 0.6) is 11.5 Å². The predicted octanol–water partition coefficient (Wildman–Crippen LogP) is 9.42. The molecule has 7 aromatic carbocycles. The average molecular weight is 990 g/mol. The van der Waals surface area contributed by atoms with E-state index < -0.39 is 0 Å². The second-order valence-electron chi connectivity index (χ2n) is 16.6. The summed E-state index contributed by atoms with van der Waals surface area (Å²) in [5.41, 5.74) is 21.6. The molecule has 0 atom stereocenters. The van der Waals surface area contributed by atoms with Crippen LogP contribution >= 0.6 is 0 Å². The molecule has 2 aromatic heterocycles. The third kappa shape index (κ3) is 8.03. The van der Waals surface area contributed by atoms with E-state index in [1.54, 1.807) is 0 Å². The first-order valence-electron chi connectivity index (χ1n) is 21.4. The third-order valence-electron chi connectivity index (χ3n) is 12.4. The van der Waals surface area contributed by atoms with Crippen LogP contribution in [0.3, 0.4) is 0 Å². The summed E-state index contributed by atoms with van der Waals surface area (Å²) in [6.07, 6.45) is 1.81. The minimum absolute atomic E-state index is 0.